The first-order chi connectivity index (χ1) is 6.56. The third kappa shape index (κ3) is 2.05. The molecule has 0 aromatic carbocycles. The number of carboxylic acid groups (broad SMARTS) is 1. The van der Waals surface area contributed by atoms with E-state index in [0.717, 1.165) is 0 Å². The van der Waals surface area contributed by atoms with Crippen LogP contribution in [0.2, 0.25) is 0 Å². The Bertz CT molecular complexity index is 336. The number of alkyl halides is 2. The maximum absolute atomic E-state index is 12.2. The van der Waals surface area contributed by atoms with Gasteiger partial charge in [-0.3, -0.25) is 0 Å². The molecule has 0 aliphatic heterocycles. The van der Waals surface area contributed by atoms with E-state index in [4.69, 9.17) is 5.11 Å². The Morgan fingerprint density at radius 2 is 2.36 bits per heavy atom. The lowest BCUT2D eigenvalue weighted by Gasteiger charge is -1.91. The van der Waals surface area contributed by atoms with Gasteiger partial charge in [0.05, 0.1) is 0 Å². The molecule has 0 aliphatic carbocycles. The molecule has 1 aromatic rings. The number of hydrogen-bond acceptors (Lipinski definition) is 4. The first kappa shape index (κ1) is 10.6. The summed E-state index contributed by atoms with van der Waals surface area (Å²) in [5, 5.41) is 8.49. The van der Waals surface area contributed by atoms with E-state index in [0.29, 0.717) is 0 Å². The molecule has 0 unspecified atom stereocenters. The summed E-state index contributed by atoms with van der Waals surface area (Å²) in [6, 6.07) is 0. The zero-order valence-corrected chi connectivity index (χ0v) is 7.16. The molecule has 1 N–H and O–H groups in total. The summed E-state index contributed by atoms with van der Waals surface area (Å²) in [7, 11) is 1.31. The zero-order chi connectivity index (χ0) is 10.7. The summed E-state index contributed by atoms with van der Waals surface area (Å²) in [6.45, 7) is -0.146. The van der Waals surface area contributed by atoms with Crippen molar-refractivity contribution in [3.8, 4) is 0 Å². The van der Waals surface area contributed by atoms with Crippen LogP contribution >= 0.6 is 0 Å². The molecule has 78 valence electrons. The van der Waals surface area contributed by atoms with Crippen LogP contribution in [0.15, 0.2) is 4.42 Å². The Morgan fingerprint density at radius 1 is 1.71 bits per heavy atom. The van der Waals surface area contributed by atoms with Crippen molar-refractivity contribution in [1.29, 1.82) is 0 Å². The molecule has 5 nitrogen and oxygen atoms in total. The number of halogens is 2. The molecule has 0 amide bonds. The molecule has 0 saturated heterocycles. The second kappa shape index (κ2) is 4.14. The summed E-state index contributed by atoms with van der Waals surface area (Å²) in [5.41, 5.74) is -0.871. The topological polar surface area (TPSA) is 72.6 Å². The molecule has 14 heavy (non-hydrogen) atoms. The highest BCUT2D eigenvalue weighted by atomic mass is 19.3. The van der Waals surface area contributed by atoms with Gasteiger partial charge >= 0.3 is 5.97 Å². The first-order valence-electron chi connectivity index (χ1n) is 3.56. The third-order valence-electron chi connectivity index (χ3n) is 1.37. The molecule has 0 aliphatic rings. The van der Waals surface area contributed by atoms with Crippen molar-refractivity contribution in [3.05, 3.63) is 17.3 Å². The molecule has 0 radical (unpaired) electrons. The number of carboxylic acids is 1. The predicted octanol–water partition coefficient (Wildman–Crippen LogP) is 1.46. The van der Waals surface area contributed by atoms with Crippen molar-refractivity contribution in [2.75, 3.05) is 7.11 Å². The van der Waals surface area contributed by atoms with Crippen molar-refractivity contribution in [2.24, 2.45) is 0 Å². The lowest BCUT2D eigenvalue weighted by molar-refractivity contribution is 0.0639. The van der Waals surface area contributed by atoms with Crippen molar-refractivity contribution in [3.63, 3.8) is 0 Å². The molecule has 0 atom stereocenters. The van der Waals surface area contributed by atoms with Crippen LogP contribution in [0.4, 0.5) is 8.78 Å². The fourth-order valence-corrected chi connectivity index (χ4v) is 0.864. The predicted molar refractivity (Wildman–Crippen MR) is 39.1 cm³/mol. The van der Waals surface area contributed by atoms with Crippen LogP contribution in [0.5, 0.6) is 0 Å². The molecular weight excluding hydrogens is 200 g/mol. The highest BCUT2D eigenvalue weighted by Crippen LogP contribution is 2.23. The number of oxazole rings is 1. The van der Waals surface area contributed by atoms with E-state index in [-0.39, 0.29) is 12.5 Å². The fraction of sp³-hybridized carbons (Fsp3) is 0.429. The number of nitrogens with zero attached hydrogens (tertiary/aromatic N) is 1. The summed E-state index contributed by atoms with van der Waals surface area (Å²) in [5.74, 6) is -2.59. The molecule has 1 aromatic heterocycles. The van der Waals surface area contributed by atoms with E-state index in [1.807, 2.05) is 0 Å². The SMILES string of the molecule is COCc1nc(C(F)F)c(C(=O)O)o1. The average molecular weight is 207 g/mol. The number of hydrogen-bond donors (Lipinski definition) is 1. The highest BCUT2D eigenvalue weighted by molar-refractivity contribution is 5.85. The third-order valence-corrected chi connectivity index (χ3v) is 1.37. The molecule has 0 spiro atoms. The van der Waals surface area contributed by atoms with Crippen LogP contribution in [-0.4, -0.2) is 23.2 Å². The Labute approximate surface area is 77.3 Å². The lowest BCUT2D eigenvalue weighted by Crippen LogP contribution is -1.99. The normalized spacial score (nSPS) is 10.9. The van der Waals surface area contributed by atoms with Gasteiger partial charge in [0.15, 0.2) is 5.69 Å². The van der Waals surface area contributed by atoms with E-state index in [1.165, 1.54) is 7.11 Å². The number of ether oxygens (including phenoxy) is 1. The maximum Gasteiger partial charge on any atom is 0.374 e. The van der Waals surface area contributed by atoms with Crippen LogP contribution in [0.3, 0.4) is 0 Å². The van der Waals surface area contributed by atoms with Crippen molar-refractivity contribution in [2.45, 2.75) is 13.0 Å². The van der Waals surface area contributed by atoms with Crippen LogP contribution in [0, 0.1) is 0 Å². The van der Waals surface area contributed by atoms with Crippen LogP contribution < -0.4 is 0 Å². The molecule has 7 heteroatoms. The van der Waals surface area contributed by atoms with Gasteiger partial charge in [-0.2, -0.15) is 0 Å². The number of rotatable bonds is 4. The fourth-order valence-electron chi connectivity index (χ4n) is 0.864. The number of carbonyl (C=O) groups is 1. The molecule has 0 saturated carbocycles. The maximum atomic E-state index is 12.2. The average Bonchev–Trinajstić information content (AvgIpc) is 2.49. The Kier molecular flexibility index (Phi) is 3.13. The second-order valence-corrected chi connectivity index (χ2v) is 2.36. The number of aromatic carboxylic acids is 1. The standard InChI is InChI=1S/C7H7F2NO4/c1-13-2-3-10-4(6(8)9)5(14-3)7(11)12/h6H,2H2,1H3,(H,11,12). The van der Waals surface area contributed by atoms with Gasteiger partial charge in [-0.05, 0) is 0 Å². The van der Waals surface area contributed by atoms with Crippen molar-refractivity contribution in [1.82, 2.24) is 4.98 Å². The second-order valence-electron chi connectivity index (χ2n) is 2.36. The molecule has 1 heterocycles. The van der Waals surface area contributed by atoms with Crippen molar-refractivity contribution < 1.29 is 27.8 Å². The van der Waals surface area contributed by atoms with Gasteiger partial charge < -0.3 is 14.3 Å². The van der Waals surface area contributed by atoms with Gasteiger partial charge in [-0.15, -0.1) is 0 Å². The van der Waals surface area contributed by atoms with E-state index < -0.39 is 23.8 Å². The largest absolute Gasteiger partial charge is 0.475 e. The Morgan fingerprint density at radius 3 is 2.71 bits per heavy atom. The van der Waals surface area contributed by atoms with Crippen LogP contribution in [0.1, 0.15) is 28.6 Å². The van der Waals surface area contributed by atoms with Gasteiger partial charge in [-0.25, -0.2) is 18.6 Å². The monoisotopic (exact) mass is 207 g/mol. The van der Waals surface area contributed by atoms with Crippen molar-refractivity contribution >= 4 is 5.97 Å². The summed E-state index contributed by atoms with van der Waals surface area (Å²) >= 11 is 0. The number of aromatic nitrogens is 1. The van der Waals surface area contributed by atoms with Crippen LogP contribution in [-0.2, 0) is 11.3 Å². The minimum absolute atomic E-state index is 0.146. The number of methoxy groups -OCH3 is 1. The highest BCUT2D eigenvalue weighted by Gasteiger charge is 2.25. The van der Waals surface area contributed by atoms with E-state index in [1.54, 1.807) is 0 Å². The molecule has 0 fully saturated rings. The molecular formula is C7H7F2NO4. The first-order valence-corrected chi connectivity index (χ1v) is 3.56. The zero-order valence-electron chi connectivity index (χ0n) is 7.16. The minimum atomic E-state index is -2.98. The summed E-state index contributed by atoms with van der Waals surface area (Å²) < 4.78 is 33.6. The van der Waals surface area contributed by atoms with Gasteiger partial charge in [0, 0.05) is 7.11 Å². The van der Waals surface area contributed by atoms with Gasteiger partial charge in [-0.1, -0.05) is 0 Å². The molecule has 0 bridgehead atoms. The summed E-state index contributed by atoms with van der Waals surface area (Å²) in [6.07, 6.45) is -2.98. The van der Waals surface area contributed by atoms with Gasteiger partial charge in [0.25, 0.3) is 6.43 Å². The van der Waals surface area contributed by atoms with E-state index in [2.05, 4.69) is 14.1 Å². The summed E-state index contributed by atoms with van der Waals surface area (Å²) in [4.78, 5) is 13.7. The van der Waals surface area contributed by atoms with Gasteiger partial charge in [0.2, 0.25) is 11.7 Å². The Balaban J connectivity index is 3.06. The smallest absolute Gasteiger partial charge is 0.374 e. The quantitative estimate of drug-likeness (QED) is 0.808. The molecule has 1 rings (SSSR count). The lowest BCUT2D eigenvalue weighted by atomic mass is 10.3. The van der Waals surface area contributed by atoms with E-state index >= 15 is 0 Å². The van der Waals surface area contributed by atoms with Crippen LogP contribution in [0.25, 0.3) is 0 Å². The Hall–Kier alpha value is -1.50. The van der Waals surface area contributed by atoms with Gasteiger partial charge in [0.1, 0.15) is 6.61 Å². The minimum Gasteiger partial charge on any atom is -0.475 e. The van der Waals surface area contributed by atoms with E-state index in [9.17, 15) is 13.6 Å².